The highest BCUT2D eigenvalue weighted by Gasteiger charge is 2.32. The minimum atomic E-state index is -4.50. The second kappa shape index (κ2) is 9.18. The van der Waals surface area contributed by atoms with Gasteiger partial charge in [0.25, 0.3) is 0 Å². The van der Waals surface area contributed by atoms with E-state index in [2.05, 4.69) is 4.40 Å². The van der Waals surface area contributed by atoms with Crippen LogP contribution < -0.4 is 4.90 Å². The van der Waals surface area contributed by atoms with Gasteiger partial charge in [-0.1, -0.05) is 0 Å². The van der Waals surface area contributed by atoms with E-state index in [9.17, 15) is 22.2 Å². The van der Waals surface area contributed by atoms with Crippen molar-refractivity contribution >= 4 is 29.0 Å². The summed E-state index contributed by atoms with van der Waals surface area (Å²) < 4.78 is 60.7. The van der Waals surface area contributed by atoms with Gasteiger partial charge in [0.1, 0.15) is 16.6 Å². The van der Waals surface area contributed by atoms with Crippen LogP contribution >= 0.6 is 0 Å². The summed E-state index contributed by atoms with van der Waals surface area (Å²) >= 11 is 0. The number of halogens is 3. The van der Waals surface area contributed by atoms with Crippen molar-refractivity contribution in [3.05, 3.63) is 29.3 Å². The summed E-state index contributed by atoms with van der Waals surface area (Å²) in [4.78, 5) is 15.7. The van der Waals surface area contributed by atoms with Crippen molar-refractivity contribution in [3.8, 4) is 0 Å². The number of hydrogen-bond donors (Lipinski definition) is 0. The standard InChI is InChI=1S/C21H30F3N3O3S/c1-19(2,3)30-18(28)27-11-9-26(10-12-27)17-8-7-16(21(22,23)24)13-15(17)14-25-31(29)20(4,5)6/h7-8,13-14H,9-12H2,1-6H3/b25-14+. The Labute approximate surface area is 184 Å². The third kappa shape index (κ3) is 7.22. The lowest BCUT2D eigenvalue weighted by molar-refractivity contribution is -0.137. The van der Waals surface area contributed by atoms with Crippen LogP contribution in [0, 0.1) is 0 Å². The number of carbonyl (C=O) groups is 1. The maximum atomic E-state index is 13.2. The first kappa shape index (κ1) is 25.2. The summed E-state index contributed by atoms with van der Waals surface area (Å²) in [5.41, 5.74) is -0.621. The van der Waals surface area contributed by atoms with Gasteiger partial charge in [-0.05, 0) is 59.7 Å². The first-order chi connectivity index (χ1) is 14.1. The predicted octanol–water partition coefficient (Wildman–Crippen LogP) is 4.64. The lowest BCUT2D eigenvalue weighted by Gasteiger charge is -2.37. The van der Waals surface area contributed by atoms with E-state index in [1.54, 1.807) is 46.4 Å². The van der Waals surface area contributed by atoms with Crippen LogP contribution in [0.1, 0.15) is 52.7 Å². The lowest BCUT2D eigenvalue weighted by atomic mass is 10.1. The van der Waals surface area contributed by atoms with Crippen LogP contribution in [-0.2, 0) is 21.9 Å². The van der Waals surface area contributed by atoms with Gasteiger partial charge in [0.2, 0.25) is 0 Å². The van der Waals surface area contributed by atoms with Crippen LogP contribution in [0.25, 0.3) is 0 Å². The molecule has 1 aliphatic heterocycles. The summed E-state index contributed by atoms with van der Waals surface area (Å²) in [6.45, 7) is 12.2. The molecule has 1 aliphatic rings. The Bertz CT molecular complexity index is 850. The molecule has 10 heteroatoms. The number of nitrogens with zero attached hydrogens (tertiary/aromatic N) is 3. The molecule has 1 fully saturated rings. The fourth-order valence-electron chi connectivity index (χ4n) is 2.84. The van der Waals surface area contributed by atoms with Crippen LogP contribution in [0.3, 0.4) is 0 Å². The highest BCUT2D eigenvalue weighted by atomic mass is 32.2. The van der Waals surface area contributed by atoms with Gasteiger partial charge in [-0.15, -0.1) is 0 Å². The molecule has 1 atom stereocenters. The van der Waals surface area contributed by atoms with Crippen molar-refractivity contribution in [1.82, 2.24) is 4.90 Å². The molecule has 0 saturated carbocycles. The van der Waals surface area contributed by atoms with Gasteiger partial charge in [-0.3, -0.25) is 0 Å². The maximum Gasteiger partial charge on any atom is 0.416 e. The quantitative estimate of drug-likeness (QED) is 0.615. The molecule has 174 valence electrons. The minimum absolute atomic E-state index is 0.234. The van der Waals surface area contributed by atoms with E-state index in [-0.39, 0.29) is 5.56 Å². The van der Waals surface area contributed by atoms with Gasteiger partial charge in [0, 0.05) is 43.6 Å². The van der Waals surface area contributed by atoms with Crippen molar-refractivity contribution in [1.29, 1.82) is 0 Å². The van der Waals surface area contributed by atoms with Gasteiger partial charge in [-0.2, -0.15) is 17.6 Å². The van der Waals surface area contributed by atoms with E-state index >= 15 is 0 Å². The molecule has 0 N–H and O–H groups in total. The predicted molar refractivity (Wildman–Crippen MR) is 117 cm³/mol. The van der Waals surface area contributed by atoms with Crippen LogP contribution in [0.15, 0.2) is 22.6 Å². The molecule has 0 bridgehead atoms. The smallest absolute Gasteiger partial charge is 0.416 e. The highest BCUT2D eigenvalue weighted by Crippen LogP contribution is 2.33. The number of ether oxygens (including phenoxy) is 1. The molecule has 31 heavy (non-hydrogen) atoms. The molecule has 0 aromatic heterocycles. The minimum Gasteiger partial charge on any atom is -0.444 e. The molecule has 1 heterocycles. The second-order valence-corrected chi connectivity index (χ2v) is 11.3. The number of alkyl halides is 3. The number of benzene rings is 1. The first-order valence-electron chi connectivity index (χ1n) is 9.98. The topological polar surface area (TPSA) is 62.2 Å². The first-order valence-corrected chi connectivity index (χ1v) is 11.1. The van der Waals surface area contributed by atoms with Crippen molar-refractivity contribution < 1.29 is 26.9 Å². The summed E-state index contributed by atoms with van der Waals surface area (Å²) in [5, 5.41) is 0. The SMILES string of the molecule is CC(C)(C)OC(=O)N1CCN(c2ccc(C(F)(F)F)cc2/C=N/S(=O)C(C)(C)C)CC1. The number of anilines is 1. The molecule has 0 spiro atoms. The van der Waals surface area contributed by atoms with Crippen molar-refractivity contribution in [2.75, 3.05) is 31.1 Å². The molecule has 1 amide bonds. The second-order valence-electron chi connectivity index (χ2n) is 9.32. The molecule has 0 radical (unpaired) electrons. The Balaban J connectivity index is 2.25. The van der Waals surface area contributed by atoms with Crippen molar-refractivity contribution in [2.24, 2.45) is 4.40 Å². The normalized spacial score (nSPS) is 17.2. The number of carbonyl (C=O) groups excluding carboxylic acids is 1. The van der Waals surface area contributed by atoms with E-state index in [0.717, 1.165) is 12.1 Å². The molecular formula is C21H30F3N3O3S. The van der Waals surface area contributed by atoms with Crippen LogP contribution in [0.5, 0.6) is 0 Å². The summed E-state index contributed by atoms with van der Waals surface area (Å²) in [6.07, 6.45) is -3.67. The average molecular weight is 462 g/mol. The Morgan fingerprint density at radius 2 is 1.65 bits per heavy atom. The van der Waals surface area contributed by atoms with Gasteiger partial charge in [0.05, 0.1) is 10.3 Å². The lowest BCUT2D eigenvalue weighted by Crippen LogP contribution is -2.50. The third-order valence-electron chi connectivity index (χ3n) is 4.44. The van der Waals surface area contributed by atoms with Crippen LogP contribution in [-0.4, -0.2) is 57.9 Å². The number of rotatable bonds is 3. The van der Waals surface area contributed by atoms with E-state index < -0.39 is 39.2 Å². The highest BCUT2D eigenvalue weighted by molar-refractivity contribution is 7.85. The van der Waals surface area contributed by atoms with Gasteiger partial charge < -0.3 is 14.5 Å². The molecular weight excluding hydrogens is 431 g/mol. The third-order valence-corrected chi connectivity index (χ3v) is 5.78. The Kier molecular flexibility index (Phi) is 7.45. The Hall–Kier alpha value is -2.10. The van der Waals surface area contributed by atoms with E-state index in [0.29, 0.717) is 31.9 Å². The molecule has 1 aromatic rings. The largest absolute Gasteiger partial charge is 0.444 e. The molecule has 0 aliphatic carbocycles. The van der Waals surface area contributed by atoms with Gasteiger partial charge in [-0.25, -0.2) is 9.00 Å². The number of hydrogen-bond acceptors (Lipinski definition) is 4. The zero-order valence-electron chi connectivity index (χ0n) is 18.7. The summed E-state index contributed by atoms with van der Waals surface area (Å²) in [5.74, 6) is 0. The van der Waals surface area contributed by atoms with Crippen molar-refractivity contribution in [2.45, 2.75) is 58.1 Å². The van der Waals surface area contributed by atoms with Gasteiger partial charge in [0.15, 0.2) is 0 Å². The van der Waals surface area contributed by atoms with Gasteiger partial charge >= 0.3 is 12.3 Å². The zero-order chi connectivity index (χ0) is 23.6. The average Bonchev–Trinajstić information content (AvgIpc) is 2.63. The number of amides is 1. The van der Waals surface area contributed by atoms with Crippen LogP contribution in [0.2, 0.25) is 0 Å². The Morgan fingerprint density at radius 1 is 1.06 bits per heavy atom. The van der Waals surface area contributed by atoms with Crippen LogP contribution in [0.4, 0.5) is 23.7 Å². The molecule has 1 aromatic carbocycles. The fourth-order valence-corrected chi connectivity index (χ4v) is 3.37. The Morgan fingerprint density at radius 3 is 2.13 bits per heavy atom. The zero-order valence-corrected chi connectivity index (χ0v) is 19.6. The summed E-state index contributed by atoms with van der Waals surface area (Å²) in [7, 11) is -1.60. The van der Waals surface area contributed by atoms with Crippen molar-refractivity contribution in [3.63, 3.8) is 0 Å². The monoisotopic (exact) mass is 461 g/mol. The maximum absolute atomic E-state index is 13.2. The fraction of sp³-hybridized carbons (Fsp3) is 0.619. The molecule has 2 rings (SSSR count). The molecule has 1 unspecified atom stereocenters. The molecule has 6 nitrogen and oxygen atoms in total. The number of piperazine rings is 1. The van der Waals surface area contributed by atoms with E-state index in [4.69, 9.17) is 4.74 Å². The summed E-state index contributed by atoms with van der Waals surface area (Å²) in [6, 6.07) is 3.43. The molecule has 1 saturated heterocycles. The van der Waals surface area contributed by atoms with E-state index in [1.165, 1.54) is 12.3 Å². The van der Waals surface area contributed by atoms with E-state index in [1.807, 2.05) is 4.90 Å².